The minimum absolute atomic E-state index is 0.0287. The van der Waals surface area contributed by atoms with Crippen molar-refractivity contribution in [3.05, 3.63) is 46.1 Å². The number of nitriles is 1. The highest BCUT2D eigenvalue weighted by Crippen LogP contribution is 2.39. The first-order chi connectivity index (χ1) is 11.5. The average molecular weight is 367 g/mol. The SMILES string of the molecule is CC1=NC(COCCCl)=C(C(=O)O)C(c2cccc(Cl)c2)C1C#N. The highest BCUT2D eigenvalue weighted by atomic mass is 35.5. The van der Waals surface area contributed by atoms with Gasteiger partial charge in [-0.25, -0.2) is 4.79 Å². The fraction of sp³-hybridized carbons (Fsp3) is 0.353. The summed E-state index contributed by atoms with van der Waals surface area (Å²) in [6, 6.07) is 9.03. The van der Waals surface area contributed by atoms with E-state index >= 15 is 0 Å². The molecule has 1 N–H and O–H groups in total. The van der Waals surface area contributed by atoms with Crippen molar-refractivity contribution in [2.75, 3.05) is 19.1 Å². The standard InChI is InChI=1S/C17H16Cl2N2O3/c1-10-13(8-20)15(11-3-2-4-12(19)7-11)16(17(22)23)14(21-10)9-24-6-5-18/h2-4,7,13,15H,5-6,9H2,1H3,(H,22,23). The molecule has 0 aliphatic carbocycles. The second-order valence-corrected chi connectivity index (χ2v) is 6.11. The van der Waals surface area contributed by atoms with Gasteiger partial charge in [-0.1, -0.05) is 23.7 Å². The van der Waals surface area contributed by atoms with Crippen LogP contribution in [0.25, 0.3) is 0 Å². The van der Waals surface area contributed by atoms with Gasteiger partial charge in [0, 0.05) is 22.5 Å². The third-order valence-corrected chi connectivity index (χ3v) is 4.14. The van der Waals surface area contributed by atoms with Crippen LogP contribution in [0.1, 0.15) is 18.4 Å². The quantitative estimate of drug-likeness (QED) is 0.615. The van der Waals surface area contributed by atoms with Gasteiger partial charge in [0.1, 0.15) is 0 Å². The normalized spacial score (nSPS) is 20.5. The minimum Gasteiger partial charge on any atom is -0.478 e. The molecule has 0 spiro atoms. The van der Waals surface area contributed by atoms with E-state index in [0.29, 0.717) is 27.9 Å². The zero-order valence-corrected chi connectivity index (χ0v) is 14.5. The Morgan fingerprint density at radius 3 is 2.83 bits per heavy atom. The van der Waals surface area contributed by atoms with Crippen LogP contribution >= 0.6 is 23.2 Å². The Morgan fingerprint density at radius 1 is 1.50 bits per heavy atom. The largest absolute Gasteiger partial charge is 0.478 e. The van der Waals surface area contributed by atoms with Gasteiger partial charge >= 0.3 is 5.97 Å². The maximum absolute atomic E-state index is 11.9. The van der Waals surface area contributed by atoms with Gasteiger partial charge in [-0.3, -0.25) is 4.99 Å². The van der Waals surface area contributed by atoms with E-state index in [2.05, 4.69) is 11.1 Å². The van der Waals surface area contributed by atoms with E-state index in [4.69, 9.17) is 27.9 Å². The van der Waals surface area contributed by atoms with E-state index in [1.807, 2.05) is 0 Å². The lowest BCUT2D eigenvalue weighted by Crippen LogP contribution is -2.30. The topological polar surface area (TPSA) is 82.7 Å². The molecule has 0 fully saturated rings. The first-order valence-electron chi connectivity index (χ1n) is 7.30. The van der Waals surface area contributed by atoms with E-state index in [1.54, 1.807) is 31.2 Å². The maximum atomic E-state index is 11.9. The lowest BCUT2D eigenvalue weighted by molar-refractivity contribution is -0.133. The van der Waals surface area contributed by atoms with Crippen LogP contribution in [0.15, 0.2) is 40.5 Å². The summed E-state index contributed by atoms with van der Waals surface area (Å²) in [6.07, 6.45) is 0. The monoisotopic (exact) mass is 366 g/mol. The predicted octanol–water partition coefficient (Wildman–Crippen LogP) is 3.63. The van der Waals surface area contributed by atoms with Crippen LogP contribution in [-0.2, 0) is 9.53 Å². The van der Waals surface area contributed by atoms with E-state index in [9.17, 15) is 15.2 Å². The summed E-state index contributed by atoms with van der Waals surface area (Å²) >= 11 is 11.6. The highest BCUT2D eigenvalue weighted by Gasteiger charge is 2.38. The van der Waals surface area contributed by atoms with E-state index in [-0.39, 0.29) is 18.8 Å². The number of carbonyl (C=O) groups is 1. The minimum atomic E-state index is -1.12. The molecule has 2 unspecified atom stereocenters. The zero-order valence-electron chi connectivity index (χ0n) is 13.0. The number of halogens is 2. The van der Waals surface area contributed by atoms with E-state index in [1.165, 1.54) is 0 Å². The second kappa shape index (κ2) is 8.29. The molecule has 1 aromatic carbocycles. The number of hydrogen-bond acceptors (Lipinski definition) is 4. The number of carboxylic acid groups (broad SMARTS) is 1. The number of hydrogen-bond donors (Lipinski definition) is 1. The number of ether oxygens (including phenoxy) is 1. The highest BCUT2D eigenvalue weighted by molar-refractivity contribution is 6.30. The molecule has 0 saturated carbocycles. The molecule has 0 radical (unpaired) electrons. The summed E-state index contributed by atoms with van der Waals surface area (Å²) in [6.45, 7) is 2.03. The Hall–Kier alpha value is -1.87. The molecule has 2 rings (SSSR count). The van der Waals surface area contributed by atoms with Crippen molar-refractivity contribution < 1.29 is 14.6 Å². The number of aliphatic carboxylic acids is 1. The molecule has 2 atom stereocenters. The predicted molar refractivity (Wildman–Crippen MR) is 92.6 cm³/mol. The van der Waals surface area contributed by atoms with E-state index < -0.39 is 17.8 Å². The molecule has 1 aromatic rings. The molecular formula is C17H16Cl2N2O3. The van der Waals surface area contributed by atoms with Gasteiger partial charge in [-0.05, 0) is 24.6 Å². The summed E-state index contributed by atoms with van der Waals surface area (Å²) in [5.41, 5.74) is 1.58. The molecule has 5 nitrogen and oxygen atoms in total. The van der Waals surface area contributed by atoms with Crippen molar-refractivity contribution in [1.82, 2.24) is 0 Å². The Morgan fingerprint density at radius 2 is 2.25 bits per heavy atom. The Labute approximate surface area is 150 Å². The molecule has 126 valence electrons. The fourth-order valence-electron chi connectivity index (χ4n) is 2.75. The van der Waals surface area contributed by atoms with Gasteiger partial charge in [-0.2, -0.15) is 5.26 Å². The molecule has 0 amide bonds. The molecule has 1 aliphatic rings. The van der Waals surface area contributed by atoms with Gasteiger partial charge in [0.25, 0.3) is 0 Å². The van der Waals surface area contributed by atoms with E-state index in [0.717, 1.165) is 0 Å². The lowest BCUT2D eigenvalue weighted by atomic mass is 9.76. The Kier molecular flexibility index (Phi) is 6.38. The molecule has 24 heavy (non-hydrogen) atoms. The van der Waals surface area contributed by atoms with Crippen molar-refractivity contribution in [3.8, 4) is 6.07 Å². The number of carboxylic acids is 1. The van der Waals surface area contributed by atoms with Gasteiger partial charge in [0.15, 0.2) is 0 Å². The molecule has 0 saturated heterocycles. The lowest BCUT2D eigenvalue weighted by Gasteiger charge is -2.29. The van der Waals surface area contributed by atoms with Crippen molar-refractivity contribution in [2.45, 2.75) is 12.8 Å². The first kappa shape index (κ1) is 18.5. The molecule has 0 aromatic heterocycles. The summed E-state index contributed by atoms with van der Waals surface area (Å²) < 4.78 is 5.36. The van der Waals surface area contributed by atoms with Crippen LogP contribution in [0.5, 0.6) is 0 Å². The number of aliphatic imine (C=N–C) groups is 1. The van der Waals surface area contributed by atoms with Crippen LogP contribution in [0.2, 0.25) is 5.02 Å². The number of rotatable bonds is 6. The van der Waals surface area contributed by atoms with Gasteiger partial charge in [0.05, 0.1) is 36.5 Å². The average Bonchev–Trinajstić information content (AvgIpc) is 2.54. The summed E-state index contributed by atoms with van der Waals surface area (Å²) in [5.74, 6) is -2.15. The second-order valence-electron chi connectivity index (χ2n) is 5.30. The fourth-order valence-corrected chi connectivity index (χ4v) is 3.05. The number of nitrogens with zero attached hydrogens (tertiary/aromatic N) is 2. The Balaban J connectivity index is 2.55. The van der Waals surface area contributed by atoms with Crippen LogP contribution in [0.3, 0.4) is 0 Å². The smallest absolute Gasteiger partial charge is 0.334 e. The summed E-state index contributed by atoms with van der Waals surface area (Å²) in [5, 5.41) is 19.7. The summed E-state index contributed by atoms with van der Waals surface area (Å²) in [4.78, 5) is 16.2. The van der Waals surface area contributed by atoms with Crippen LogP contribution < -0.4 is 0 Å². The molecule has 1 heterocycles. The van der Waals surface area contributed by atoms with Crippen molar-refractivity contribution >= 4 is 34.9 Å². The Bertz CT molecular complexity index is 738. The third-order valence-electron chi connectivity index (χ3n) is 3.75. The van der Waals surface area contributed by atoms with Crippen molar-refractivity contribution in [2.24, 2.45) is 10.9 Å². The van der Waals surface area contributed by atoms with Crippen molar-refractivity contribution in [1.29, 1.82) is 5.26 Å². The molecule has 7 heteroatoms. The van der Waals surface area contributed by atoms with Crippen LogP contribution in [0, 0.1) is 17.2 Å². The van der Waals surface area contributed by atoms with Crippen LogP contribution in [0.4, 0.5) is 0 Å². The zero-order chi connectivity index (χ0) is 17.7. The first-order valence-corrected chi connectivity index (χ1v) is 8.21. The molecular weight excluding hydrogens is 351 g/mol. The van der Waals surface area contributed by atoms with Crippen LogP contribution in [-0.4, -0.2) is 35.9 Å². The van der Waals surface area contributed by atoms with Crippen molar-refractivity contribution in [3.63, 3.8) is 0 Å². The third kappa shape index (κ3) is 3.96. The maximum Gasteiger partial charge on any atom is 0.334 e. The summed E-state index contributed by atoms with van der Waals surface area (Å²) in [7, 11) is 0. The number of alkyl halides is 1. The molecule has 0 bridgehead atoms. The molecule has 1 aliphatic heterocycles. The van der Waals surface area contributed by atoms with Gasteiger partial charge in [-0.15, -0.1) is 11.6 Å². The number of benzene rings is 1. The van der Waals surface area contributed by atoms with Gasteiger partial charge in [0.2, 0.25) is 0 Å². The van der Waals surface area contributed by atoms with Gasteiger partial charge < -0.3 is 9.84 Å².